The van der Waals surface area contributed by atoms with Gasteiger partial charge in [0.05, 0.1) is 24.2 Å². The summed E-state index contributed by atoms with van der Waals surface area (Å²) >= 11 is 0. The van der Waals surface area contributed by atoms with Crippen molar-refractivity contribution in [2.24, 2.45) is 5.92 Å². The van der Waals surface area contributed by atoms with Gasteiger partial charge in [0.2, 0.25) is 0 Å². The lowest BCUT2D eigenvalue weighted by Crippen LogP contribution is -2.56. The van der Waals surface area contributed by atoms with E-state index in [1.54, 1.807) is 25.4 Å². The Hall–Kier alpha value is -2.49. The lowest BCUT2D eigenvalue weighted by atomic mass is 9.68. The topological polar surface area (TPSA) is 112 Å². The first-order valence-electron chi connectivity index (χ1n) is 11.3. The van der Waals surface area contributed by atoms with E-state index in [1.807, 2.05) is 0 Å². The Balaban J connectivity index is 1.34. The minimum absolute atomic E-state index is 0.0551. The molecule has 1 aromatic heterocycles. The fourth-order valence-electron chi connectivity index (χ4n) is 4.98. The van der Waals surface area contributed by atoms with Crippen LogP contribution in [0, 0.1) is 5.92 Å². The summed E-state index contributed by atoms with van der Waals surface area (Å²) in [7, 11) is 1.62. The first-order chi connectivity index (χ1) is 15.8. The largest absolute Gasteiger partial charge is 0.443 e. The fourth-order valence-corrected chi connectivity index (χ4v) is 4.98. The average molecular weight is 461 g/mol. The first-order valence-corrected chi connectivity index (χ1v) is 11.3. The molecule has 3 aliphatic rings. The zero-order chi connectivity index (χ0) is 23.6. The zero-order valence-corrected chi connectivity index (χ0v) is 19.5. The monoisotopic (exact) mass is 460 g/mol. The van der Waals surface area contributed by atoms with Gasteiger partial charge < -0.3 is 23.7 Å². The van der Waals surface area contributed by atoms with Crippen LogP contribution < -0.4 is 5.32 Å². The first kappa shape index (κ1) is 23.7. The summed E-state index contributed by atoms with van der Waals surface area (Å²) in [6.45, 7) is 6.59. The molecule has 2 saturated heterocycles. The molecular weight excluding hydrogens is 428 g/mol. The Bertz CT molecular complexity index is 897. The Labute approximate surface area is 193 Å². The van der Waals surface area contributed by atoms with Crippen molar-refractivity contribution in [1.82, 2.24) is 10.3 Å². The van der Waals surface area contributed by atoms with Gasteiger partial charge in [-0.25, -0.2) is 9.59 Å². The molecule has 2 aliphatic heterocycles. The Kier molecular flexibility index (Phi) is 6.74. The molecule has 4 rings (SSSR count). The van der Waals surface area contributed by atoms with Crippen molar-refractivity contribution >= 4 is 12.1 Å². The Morgan fingerprint density at radius 2 is 2.15 bits per heavy atom. The molecule has 9 heteroatoms. The number of ether oxygens (including phenoxy) is 5. The number of pyridine rings is 1. The van der Waals surface area contributed by atoms with E-state index >= 15 is 0 Å². The van der Waals surface area contributed by atoms with Crippen LogP contribution in [-0.2, 0) is 23.7 Å². The molecule has 0 aromatic carbocycles. The number of rotatable bonds is 8. The highest BCUT2D eigenvalue weighted by atomic mass is 16.6. The number of amides is 1. The summed E-state index contributed by atoms with van der Waals surface area (Å²) in [5.74, 6) is -0.634. The van der Waals surface area contributed by atoms with Crippen LogP contribution in [0.3, 0.4) is 0 Å². The summed E-state index contributed by atoms with van der Waals surface area (Å²) in [4.78, 5) is 28.3. The lowest BCUT2D eigenvalue weighted by molar-refractivity contribution is -0.118. The zero-order valence-electron chi connectivity index (χ0n) is 19.5. The second-order valence-corrected chi connectivity index (χ2v) is 9.32. The molecule has 1 spiro atoms. The number of carbonyl (C=O) groups is 2. The van der Waals surface area contributed by atoms with Crippen molar-refractivity contribution in [1.29, 1.82) is 0 Å². The third-order valence-corrected chi connectivity index (χ3v) is 6.81. The number of hydrogen-bond donors (Lipinski definition) is 1. The normalized spacial score (nSPS) is 34.3. The molecule has 1 N–H and O–H groups in total. The number of methoxy groups -OCH3 is 1. The summed E-state index contributed by atoms with van der Waals surface area (Å²) in [6, 6.07) is 3.22. The van der Waals surface area contributed by atoms with E-state index in [0.29, 0.717) is 18.6 Å². The standard InChI is InChI=1S/C24H32N2O7/c1-15(2)7-8-18-23(3,33-18)20-19(29-4)17(9-10-24(20)13-31-24)32-22(28)26-14-30-21(27)16-6-5-11-25-12-16/h5-7,11-12,17-20H,8-10,13-14H2,1-4H3,(H,26,28)/t17-,18-,19-,20-,23+,24+/m1/s1. The van der Waals surface area contributed by atoms with Crippen molar-refractivity contribution in [2.45, 2.75) is 69.5 Å². The third kappa shape index (κ3) is 5.05. The molecule has 6 atom stereocenters. The number of esters is 1. The van der Waals surface area contributed by atoms with Crippen molar-refractivity contribution in [3.8, 4) is 0 Å². The van der Waals surface area contributed by atoms with E-state index < -0.39 is 23.8 Å². The van der Waals surface area contributed by atoms with Crippen LogP contribution in [0.4, 0.5) is 4.79 Å². The number of epoxide rings is 2. The minimum Gasteiger partial charge on any atom is -0.443 e. The number of aromatic nitrogens is 1. The van der Waals surface area contributed by atoms with Gasteiger partial charge in [0, 0.05) is 19.5 Å². The van der Waals surface area contributed by atoms with Crippen LogP contribution in [0.25, 0.3) is 0 Å². The maximum atomic E-state index is 12.4. The SMILES string of the molecule is CO[C@@H]1[C@H](OC(=O)NCOC(=O)c2cccnc2)CC[C@]2(CO2)[C@H]1[C@@]1(C)O[C@@H]1CC=C(C)C. The van der Waals surface area contributed by atoms with Gasteiger partial charge in [-0.3, -0.25) is 10.3 Å². The highest BCUT2D eigenvalue weighted by Gasteiger charge is 2.72. The average Bonchev–Trinajstić information content (AvgIpc) is 3.71. The molecule has 9 nitrogen and oxygen atoms in total. The van der Waals surface area contributed by atoms with E-state index in [2.05, 4.69) is 37.1 Å². The Morgan fingerprint density at radius 1 is 1.36 bits per heavy atom. The van der Waals surface area contributed by atoms with Gasteiger partial charge in [0.1, 0.15) is 23.4 Å². The predicted molar refractivity (Wildman–Crippen MR) is 117 cm³/mol. The highest BCUT2D eigenvalue weighted by molar-refractivity contribution is 5.89. The van der Waals surface area contributed by atoms with Crippen LogP contribution in [0.15, 0.2) is 36.2 Å². The maximum absolute atomic E-state index is 12.4. The van der Waals surface area contributed by atoms with E-state index in [9.17, 15) is 9.59 Å². The summed E-state index contributed by atoms with van der Waals surface area (Å²) in [5, 5.41) is 2.47. The minimum atomic E-state index is -0.671. The fraction of sp³-hybridized carbons (Fsp3) is 0.625. The van der Waals surface area contributed by atoms with Crippen LogP contribution in [-0.4, -0.2) is 67.0 Å². The molecule has 1 aliphatic carbocycles. The van der Waals surface area contributed by atoms with Crippen LogP contribution >= 0.6 is 0 Å². The van der Waals surface area contributed by atoms with Crippen LogP contribution in [0.1, 0.15) is 50.4 Å². The van der Waals surface area contributed by atoms with E-state index in [0.717, 1.165) is 12.8 Å². The van der Waals surface area contributed by atoms with Crippen LogP contribution in [0.2, 0.25) is 0 Å². The number of alkyl carbamates (subject to hydrolysis) is 1. The van der Waals surface area contributed by atoms with Crippen molar-refractivity contribution < 1.29 is 33.3 Å². The van der Waals surface area contributed by atoms with E-state index in [1.165, 1.54) is 11.8 Å². The molecule has 0 bridgehead atoms. The van der Waals surface area contributed by atoms with Crippen molar-refractivity contribution in [3.05, 3.63) is 41.7 Å². The molecule has 0 unspecified atom stereocenters. The summed E-state index contributed by atoms with van der Waals surface area (Å²) in [5.41, 5.74) is 0.864. The van der Waals surface area contributed by atoms with Gasteiger partial charge in [-0.1, -0.05) is 11.6 Å². The quantitative estimate of drug-likeness (QED) is 0.273. The number of hydrogen-bond acceptors (Lipinski definition) is 8. The molecule has 1 amide bonds. The molecule has 180 valence electrons. The Morgan fingerprint density at radius 3 is 2.79 bits per heavy atom. The number of allylic oxidation sites excluding steroid dienone is 1. The molecule has 3 fully saturated rings. The second kappa shape index (κ2) is 9.40. The van der Waals surface area contributed by atoms with Gasteiger partial charge in [-0.15, -0.1) is 0 Å². The van der Waals surface area contributed by atoms with Gasteiger partial charge in [-0.2, -0.15) is 0 Å². The lowest BCUT2D eigenvalue weighted by Gasteiger charge is -2.42. The third-order valence-electron chi connectivity index (χ3n) is 6.81. The van der Waals surface area contributed by atoms with E-state index in [4.69, 9.17) is 23.7 Å². The smallest absolute Gasteiger partial charge is 0.410 e. The molecule has 1 aromatic rings. The van der Waals surface area contributed by atoms with Gasteiger partial charge in [0.25, 0.3) is 0 Å². The number of nitrogens with zero attached hydrogens (tertiary/aromatic N) is 1. The van der Waals surface area contributed by atoms with Gasteiger partial charge in [-0.05, 0) is 52.2 Å². The summed E-state index contributed by atoms with van der Waals surface area (Å²) < 4.78 is 28.7. The van der Waals surface area contributed by atoms with Crippen molar-refractivity contribution in [3.63, 3.8) is 0 Å². The molecule has 33 heavy (non-hydrogen) atoms. The summed E-state index contributed by atoms with van der Waals surface area (Å²) in [6.07, 6.45) is 5.92. The second-order valence-electron chi connectivity index (χ2n) is 9.32. The molecule has 0 radical (unpaired) electrons. The number of carbonyl (C=O) groups excluding carboxylic acids is 2. The molecular formula is C24H32N2O7. The van der Waals surface area contributed by atoms with E-state index in [-0.39, 0.29) is 30.5 Å². The predicted octanol–water partition coefficient (Wildman–Crippen LogP) is 3.00. The highest BCUT2D eigenvalue weighted by Crippen LogP contribution is 2.59. The van der Waals surface area contributed by atoms with Crippen molar-refractivity contribution in [2.75, 3.05) is 20.4 Å². The number of nitrogens with one attached hydrogen (secondary N) is 1. The molecule has 3 heterocycles. The maximum Gasteiger partial charge on any atom is 0.410 e. The van der Waals surface area contributed by atoms with Crippen LogP contribution in [0.5, 0.6) is 0 Å². The van der Waals surface area contributed by atoms with Gasteiger partial charge in [0.15, 0.2) is 6.73 Å². The molecule has 1 saturated carbocycles. The van der Waals surface area contributed by atoms with Gasteiger partial charge >= 0.3 is 12.1 Å².